The van der Waals surface area contributed by atoms with Gasteiger partial charge in [0.25, 0.3) is 0 Å². The third kappa shape index (κ3) is 4.84. The second-order valence-corrected chi connectivity index (χ2v) is 5.76. The molecule has 1 saturated heterocycles. The second-order valence-electron chi connectivity index (χ2n) is 5.39. The summed E-state index contributed by atoms with van der Waals surface area (Å²) in [6.07, 6.45) is 3.09. The highest BCUT2D eigenvalue weighted by Gasteiger charge is 2.23. The standard InChI is InChI=1S/C15H22ClN3O2/c1-11-10-14(18-12(2)17-11)21-13-5-8-19(9-6-13)15(20)4-3-7-16/h10,13H,3-9H2,1-2H3. The Morgan fingerprint density at radius 3 is 2.71 bits per heavy atom. The number of rotatable bonds is 5. The maximum Gasteiger partial charge on any atom is 0.222 e. The Hall–Kier alpha value is -1.36. The van der Waals surface area contributed by atoms with E-state index in [1.807, 2.05) is 24.8 Å². The van der Waals surface area contributed by atoms with Crippen molar-refractivity contribution in [3.8, 4) is 5.88 Å². The zero-order valence-electron chi connectivity index (χ0n) is 12.6. The third-order valence-electron chi connectivity index (χ3n) is 3.55. The maximum atomic E-state index is 11.9. The van der Waals surface area contributed by atoms with Crippen LogP contribution in [-0.4, -0.2) is 45.8 Å². The van der Waals surface area contributed by atoms with Gasteiger partial charge in [0, 0.05) is 50.0 Å². The first-order valence-electron chi connectivity index (χ1n) is 7.41. The van der Waals surface area contributed by atoms with Gasteiger partial charge in [0.2, 0.25) is 11.8 Å². The van der Waals surface area contributed by atoms with Crippen LogP contribution in [0.15, 0.2) is 6.07 Å². The lowest BCUT2D eigenvalue weighted by Gasteiger charge is -2.32. The molecule has 0 N–H and O–H groups in total. The van der Waals surface area contributed by atoms with Gasteiger partial charge >= 0.3 is 0 Å². The van der Waals surface area contributed by atoms with Gasteiger partial charge in [-0.15, -0.1) is 11.6 Å². The molecule has 0 unspecified atom stereocenters. The molecule has 1 aromatic heterocycles. The third-order valence-corrected chi connectivity index (χ3v) is 3.82. The highest BCUT2D eigenvalue weighted by molar-refractivity contribution is 6.17. The van der Waals surface area contributed by atoms with Gasteiger partial charge < -0.3 is 9.64 Å². The van der Waals surface area contributed by atoms with E-state index in [0.717, 1.165) is 43.9 Å². The number of halogens is 1. The molecule has 2 heterocycles. The monoisotopic (exact) mass is 311 g/mol. The highest BCUT2D eigenvalue weighted by Crippen LogP contribution is 2.18. The van der Waals surface area contributed by atoms with Crippen LogP contribution in [0.3, 0.4) is 0 Å². The number of hydrogen-bond donors (Lipinski definition) is 0. The number of aryl methyl sites for hydroxylation is 2. The molecule has 2 rings (SSSR count). The molecule has 1 aliphatic heterocycles. The molecule has 0 aromatic carbocycles. The average Bonchev–Trinajstić information content (AvgIpc) is 2.44. The Bertz CT molecular complexity index is 468. The zero-order chi connectivity index (χ0) is 15.2. The molecule has 0 aliphatic carbocycles. The molecular formula is C15H22ClN3O2. The summed E-state index contributed by atoms with van der Waals surface area (Å²) >= 11 is 5.62. The number of hydrogen-bond acceptors (Lipinski definition) is 4. The number of carbonyl (C=O) groups excluding carboxylic acids is 1. The van der Waals surface area contributed by atoms with E-state index in [-0.39, 0.29) is 12.0 Å². The van der Waals surface area contributed by atoms with Gasteiger partial charge in [-0.2, -0.15) is 4.98 Å². The van der Waals surface area contributed by atoms with Crippen molar-refractivity contribution in [3.05, 3.63) is 17.6 Å². The Labute approximate surface area is 130 Å². The number of aromatic nitrogens is 2. The summed E-state index contributed by atoms with van der Waals surface area (Å²) in [5.74, 6) is 2.09. The Morgan fingerprint density at radius 2 is 2.10 bits per heavy atom. The van der Waals surface area contributed by atoms with Crippen molar-refractivity contribution in [2.45, 2.75) is 45.6 Å². The summed E-state index contributed by atoms with van der Waals surface area (Å²) < 4.78 is 5.92. The van der Waals surface area contributed by atoms with Crippen molar-refractivity contribution in [2.24, 2.45) is 0 Å². The second kappa shape index (κ2) is 7.59. The van der Waals surface area contributed by atoms with Crippen molar-refractivity contribution in [3.63, 3.8) is 0 Å². The van der Waals surface area contributed by atoms with Crippen molar-refractivity contribution in [2.75, 3.05) is 19.0 Å². The fourth-order valence-corrected chi connectivity index (χ4v) is 2.65. The van der Waals surface area contributed by atoms with Crippen LogP contribution in [0.5, 0.6) is 5.88 Å². The van der Waals surface area contributed by atoms with Crippen molar-refractivity contribution in [1.29, 1.82) is 0 Å². The number of likely N-dealkylation sites (tertiary alicyclic amines) is 1. The van der Waals surface area contributed by atoms with E-state index in [4.69, 9.17) is 16.3 Å². The quantitative estimate of drug-likeness (QED) is 0.784. The first kappa shape index (κ1) is 16.0. The molecule has 116 valence electrons. The topological polar surface area (TPSA) is 55.3 Å². The van der Waals surface area contributed by atoms with E-state index in [0.29, 0.717) is 18.2 Å². The fourth-order valence-electron chi connectivity index (χ4n) is 2.51. The highest BCUT2D eigenvalue weighted by atomic mass is 35.5. The van der Waals surface area contributed by atoms with Crippen LogP contribution in [-0.2, 0) is 4.79 Å². The lowest BCUT2D eigenvalue weighted by molar-refractivity contribution is -0.133. The minimum absolute atomic E-state index is 0.121. The molecule has 5 nitrogen and oxygen atoms in total. The van der Waals surface area contributed by atoms with E-state index >= 15 is 0 Å². The molecule has 0 bridgehead atoms. The van der Waals surface area contributed by atoms with Crippen LogP contribution in [0.1, 0.15) is 37.2 Å². The van der Waals surface area contributed by atoms with Gasteiger partial charge in [-0.3, -0.25) is 4.79 Å². The van der Waals surface area contributed by atoms with E-state index < -0.39 is 0 Å². The zero-order valence-corrected chi connectivity index (χ0v) is 13.4. The van der Waals surface area contributed by atoms with Crippen molar-refractivity contribution in [1.82, 2.24) is 14.9 Å². The first-order chi connectivity index (χ1) is 10.1. The van der Waals surface area contributed by atoms with E-state index in [9.17, 15) is 4.79 Å². The summed E-state index contributed by atoms with van der Waals surface area (Å²) in [4.78, 5) is 22.4. The lowest BCUT2D eigenvalue weighted by atomic mass is 10.1. The smallest absolute Gasteiger partial charge is 0.222 e. The summed E-state index contributed by atoms with van der Waals surface area (Å²) in [6, 6.07) is 1.85. The molecule has 1 fully saturated rings. The lowest BCUT2D eigenvalue weighted by Crippen LogP contribution is -2.41. The molecule has 1 aliphatic rings. The number of amides is 1. The predicted molar refractivity (Wildman–Crippen MR) is 81.7 cm³/mol. The number of carbonyl (C=O) groups is 1. The van der Waals surface area contributed by atoms with E-state index in [2.05, 4.69) is 9.97 Å². The number of alkyl halides is 1. The minimum Gasteiger partial charge on any atom is -0.474 e. The van der Waals surface area contributed by atoms with Crippen molar-refractivity contribution < 1.29 is 9.53 Å². The van der Waals surface area contributed by atoms with Gasteiger partial charge in [0.15, 0.2) is 0 Å². The van der Waals surface area contributed by atoms with Crippen LogP contribution < -0.4 is 4.74 Å². The molecule has 0 saturated carbocycles. The molecule has 6 heteroatoms. The molecule has 21 heavy (non-hydrogen) atoms. The van der Waals surface area contributed by atoms with Crippen LogP contribution in [0.2, 0.25) is 0 Å². The minimum atomic E-state index is 0.121. The summed E-state index contributed by atoms with van der Waals surface area (Å²) in [5, 5.41) is 0. The molecule has 0 atom stereocenters. The molecule has 0 radical (unpaired) electrons. The summed E-state index contributed by atoms with van der Waals surface area (Å²) in [5.41, 5.74) is 0.909. The Balaban J connectivity index is 1.82. The Kier molecular flexibility index (Phi) is 5.79. The summed E-state index contributed by atoms with van der Waals surface area (Å²) in [6.45, 7) is 5.28. The largest absolute Gasteiger partial charge is 0.474 e. The predicted octanol–water partition coefficient (Wildman–Crippen LogP) is 2.48. The molecule has 0 spiro atoms. The van der Waals surface area contributed by atoms with Crippen LogP contribution in [0, 0.1) is 13.8 Å². The number of nitrogens with zero attached hydrogens (tertiary/aromatic N) is 3. The molecular weight excluding hydrogens is 290 g/mol. The van der Waals surface area contributed by atoms with Gasteiger partial charge in [-0.05, 0) is 20.3 Å². The van der Waals surface area contributed by atoms with E-state index in [1.54, 1.807) is 0 Å². The van der Waals surface area contributed by atoms with Crippen LogP contribution in [0.25, 0.3) is 0 Å². The fraction of sp³-hybridized carbons (Fsp3) is 0.667. The normalized spacial score (nSPS) is 16.0. The summed E-state index contributed by atoms with van der Waals surface area (Å²) in [7, 11) is 0. The van der Waals surface area contributed by atoms with E-state index in [1.165, 1.54) is 0 Å². The van der Waals surface area contributed by atoms with Gasteiger partial charge in [0.1, 0.15) is 11.9 Å². The SMILES string of the molecule is Cc1cc(OC2CCN(C(=O)CCCCl)CC2)nc(C)n1. The maximum absolute atomic E-state index is 11.9. The Morgan fingerprint density at radius 1 is 1.38 bits per heavy atom. The van der Waals surface area contributed by atoms with Crippen LogP contribution in [0.4, 0.5) is 0 Å². The average molecular weight is 312 g/mol. The molecule has 1 aromatic rings. The molecule has 1 amide bonds. The van der Waals surface area contributed by atoms with Crippen molar-refractivity contribution >= 4 is 17.5 Å². The van der Waals surface area contributed by atoms with Gasteiger partial charge in [0.05, 0.1) is 0 Å². The number of piperidine rings is 1. The van der Waals surface area contributed by atoms with Gasteiger partial charge in [-0.25, -0.2) is 4.98 Å². The van der Waals surface area contributed by atoms with Crippen LogP contribution >= 0.6 is 11.6 Å². The van der Waals surface area contributed by atoms with Gasteiger partial charge in [-0.1, -0.05) is 0 Å². The first-order valence-corrected chi connectivity index (χ1v) is 7.94. The number of ether oxygens (including phenoxy) is 1.